The summed E-state index contributed by atoms with van der Waals surface area (Å²) in [6.07, 6.45) is 1.67. The molecule has 3 N–H and O–H groups in total. The maximum Gasteiger partial charge on any atom is 0.235 e. The number of carbonyl (C=O) groups excluding carboxylic acids is 1. The Morgan fingerprint density at radius 3 is 2.24 bits per heavy atom. The molecule has 1 saturated carbocycles. The van der Waals surface area contributed by atoms with E-state index in [1.807, 2.05) is 54.6 Å². The van der Waals surface area contributed by atoms with Crippen molar-refractivity contribution in [1.82, 2.24) is 0 Å². The molecule has 1 heterocycles. The van der Waals surface area contributed by atoms with Crippen LogP contribution in [0.5, 0.6) is 11.5 Å². The molecule has 5 rings (SSSR count). The van der Waals surface area contributed by atoms with Gasteiger partial charge in [0.25, 0.3) is 0 Å². The lowest BCUT2D eigenvalue weighted by Crippen LogP contribution is -2.27. The fourth-order valence-corrected chi connectivity index (χ4v) is 3.80. The number of benzene rings is 3. The van der Waals surface area contributed by atoms with E-state index in [4.69, 9.17) is 15.2 Å². The van der Waals surface area contributed by atoms with Crippen LogP contribution in [0.25, 0.3) is 11.1 Å². The number of nitrogens with one attached hydrogen (secondary N) is 1. The van der Waals surface area contributed by atoms with Gasteiger partial charge in [0.05, 0.1) is 5.41 Å². The highest BCUT2D eigenvalue weighted by Crippen LogP contribution is 2.51. The molecule has 0 atom stereocenters. The standard InChI is InChI=1S/C24H22N2O3.H2/c25-14-16-1-3-17(4-2-16)18-5-8-20(9-6-18)26-23(27)24(11-12-24)19-7-10-21-22(13-19)29-15-28-21;/h1-10,13H,11-12,14-15,25H2,(H,26,27);1H. The summed E-state index contributed by atoms with van der Waals surface area (Å²) in [5.74, 6) is 1.48. The fraction of sp³-hybridized carbons (Fsp3) is 0.208. The zero-order valence-electron chi connectivity index (χ0n) is 16.0. The average Bonchev–Trinajstić information content (AvgIpc) is 3.45. The third kappa shape index (κ3) is 3.23. The Hall–Kier alpha value is -3.31. The van der Waals surface area contributed by atoms with Crippen LogP contribution in [0.1, 0.15) is 25.4 Å². The van der Waals surface area contributed by atoms with Gasteiger partial charge in [-0.05, 0) is 59.4 Å². The van der Waals surface area contributed by atoms with Gasteiger partial charge in [-0.1, -0.05) is 42.5 Å². The first kappa shape index (κ1) is 17.8. The van der Waals surface area contributed by atoms with Crippen LogP contribution in [0.2, 0.25) is 0 Å². The second kappa shape index (κ2) is 6.94. The SMILES string of the molecule is NCc1ccc(-c2ccc(NC(=O)C3(c4ccc5c(c4)OCO5)CC3)cc2)cc1.[HH]. The molecular formula is C24H24N2O3. The van der Waals surface area contributed by atoms with E-state index in [1.165, 1.54) is 0 Å². The Labute approximate surface area is 170 Å². The summed E-state index contributed by atoms with van der Waals surface area (Å²) in [6.45, 7) is 0.773. The van der Waals surface area contributed by atoms with E-state index >= 15 is 0 Å². The molecule has 0 radical (unpaired) electrons. The van der Waals surface area contributed by atoms with Crippen molar-refractivity contribution in [1.29, 1.82) is 0 Å². The van der Waals surface area contributed by atoms with Gasteiger partial charge in [-0.15, -0.1) is 0 Å². The third-order valence-electron chi connectivity index (χ3n) is 5.78. The number of rotatable bonds is 5. The van der Waals surface area contributed by atoms with E-state index in [2.05, 4.69) is 17.4 Å². The summed E-state index contributed by atoms with van der Waals surface area (Å²) < 4.78 is 10.8. The van der Waals surface area contributed by atoms with Crippen LogP contribution in [0.4, 0.5) is 5.69 Å². The van der Waals surface area contributed by atoms with Gasteiger partial charge in [-0.2, -0.15) is 0 Å². The Kier molecular flexibility index (Phi) is 4.25. The Balaban J connectivity index is 0.00000218. The average molecular weight is 388 g/mol. The van der Waals surface area contributed by atoms with E-state index in [9.17, 15) is 4.79 Å². The second-order valence-electron chi connectivity index (χ2n) is 7.58. The zero-order valence-corrected chi connectivity index (χ0v) is 16.0. The summed E-state index contributed by atoms with van der Waals surface area (Å²) in [6, 6.07) is 21.9. The number of hydrogen-bond acceptors (Lipinski definition) is 4. The predicted molar refractivity (Wildman–Crippen MR) is 114 cm³/mol. The smallest absolute Gasteiger partial charge is 0.235 e. The lowest BCUT2D eigenvalue weighted by atomic mass is 9.94. The maximum atomic E-state index is 13.0. The molecule has 2 aliphatic rings. The van der Waals surface area contributed by atoms with Gasteiger partial charge in [0.2, 0.25) is 12.7 Å². The molecule has 1 amide bonds. The number of fused-ring (bicyclic) bond motifs is 1. The molecule has 5 nitrogen and oxygen atoms in total. The number of ether oxygens (including phenoxy) is 2. The first-order valence-electron chi connectivity index (χ1n) is 9.79. The first-order valence-corrected chi connectivity index (χ1v) is 9.79. The van der Waals surface area contributed by atoms with Gasteiger partial charge < -0.3 is 20.5 Å². The van der Waals surface area contributed by atoms with E-state index in [1.54, 1.807) is 0 Å². The van der Waals surface area contributed by atoms with Crippen LogP contribution >= 0.6 is 0 Å². The van der Waals surface area contributed by atoms with E-state index in [0.717, 1.165) is 46.5 Å². The van der Waals surface area contributed by atoms with Crippen LogP contribution in [-0.4, -0.2) is 12.7 Å². The Morgan fingerprint density at radius 2 is 1.59 bits per heavy atom. The highest BCUT2D eigenvalue weighted by Gasteiger charge is 2.51. The Bertz CT molecular complexity index is 1060. The highest BCUT2D eigenvalue weighted by atomic mass is 16.7. The number of nitrogens with two attached hydrogens (primary N) is 1. The molecular weight excluding hydrogens is 364 g/mol. The molecule has 29 heavy (non-hydrogen) atoms. The summed E-state index contributed by atoms with van der Waals surface area (Å²) in [7, 11) is 0. The van der Waals surface area contributed by atoms with Crippen molar-refractivity contribution in [2.75, 3.05) is 12.1 Å². The lowest BCUT2D eigenvalue weighted by molar-refractivity contribution is -0.118. The van der Waals surface area contributed by atoms with Crippen LogP contribution in [0, 0.1) is 0 Å². The van der Waals surface area contributed by atoms with Crippen LogP contribution in [0.3, 0.4) is 0 Å². The molecule has 1 aliphatic carbocycles. The minimum Gasteiger partial charge on any atom is -0.454 e. The molecule has 0 bridgehead atoms. The van der Waals surface area contributed by atoms with Crippen molar-refractivity contribution in [3.05, 3.63) is 77.9 Å². The zero-order chi connectivity index (χ0) is 19.8. The second-order valence-corrected chi connectivity index (χ2v) is 7.58. The normalized spacial score (nSPS) is 15.8. The predicted octanol–water partition coefficient (Wildman–Crippen LogP) is 4.46. The van der Waals surface area contributed by atoms with Crippen molar-refractivity contribution in [2.45, 2.75) is 24.8 Å². The topological polar surface area (TPSA) is 73.6 Å². The number of carbonyl (C=O) groups is 1. The third-order valence-corrected chi connectivity index (χ3v) is 5.78. The molecule has 148 valence electrons. The number of hydrogen-bond donors (Lipinski definition) is 2. The first-order chi connectivity index (χ1) is 14.2. The lowest BCUT2D eigenvalue weighted by Gasteiger charge is -2.16. The highest BCUT2D eigenvalue weighted by molar-refractivity contribution is 6.01. The van der Waals surface area contributed by atoms with Gasteiger partial charge in [0, 0.05) is 13.7 Å². The quantitative estimate of drug-likeness (QED) is 0.677. The molecule has 3 aromatic rings. The van der Waals surface area contributed by atoms with E-state index in [0.29, 0.717) is 12.3 Å². The van der Waals surface area contributed by atoms with Gasteiger partial charge in [0.15, 0.2) is 11.5 Å². The molecule has 0 spiro atoms. The molecule has 0 unspecified atom stereocenters. The van der Waals surface area contributed by atoms with Crippen molar-refractivity contribution in [2.24, 2.45) is 5.73 Å². The molecule has 3 aromatic carbocycles. The largest absolute Gasteiger partial charge is 0.454 e. The van der Waals surface area contributed by atoms with Crippen LogP contribution in [-0.2, 0) is 16.8 Å². The summed E-state index contributed by atoms with van der Waals surface area (Å²) in [4.78, 5) is 13.0. The number of anilines is 1. The van der Waals surface area contributed by atoms with Crippen molar-refractivity contribution in [3.8, 4) is 22.6 Å². The van der Waals surface area contributed by atoms with Gasteiger partial charge in [-0.25, -0.2) is 0 Å². The fourth-order valence-electron chi connectivity index (χ4n) is 3.80. The van der Waals surface area contributed by atoms with Crippen molar-refractivity contribution >= 4 is 11.6 Å². The van der Waals surface area contributed by atoms with E-state index < -0.39 is 5.41 Å². The van der Waals surface area contributed by atoms with Crippen molar-refractivity contribution in [3.63, 3.8) is 0 Å². The minimum absolute atomic E-state index is 0. The minimum atomic E-state index is -0.474. The van der Waals surface area contributed by atoms with Crippen LogP contribution < -0.4 is 20.5 Å². The number of amides is 1. The molecule has 5 heteroatoms. The molecule has 0 aromatic heterocycles. The summed E-state index contributed by atoms with van der Waals surface area (Å²) >= 11 is 0. The summed E-state index contributed by atoms with van der Waals surface area (Å²) in [5, 5.41) is 3.08. The van der Waals surface area contributed by atoms with Gasteiger partial charge in [0.1, 0.15) is 0 Å². The Morgan fingerprint density at radius 1 is 0.931 bits per heavy atom. The van der Waals surface area contributed by atoms with E-state index in [-0.39, 0.29) is 14.1 Å². The monoisotopic (exact) mass is 388 g/mol. The molecule has 1 aliphatic heterocycles. The molecule has 1 fully saturated rings. The van der Waals surface area contributed by atoms with Gasteiger partial charge in [-0.3, -0.25) is 4.79 Å². The molecule has 0 saturated heterocycles. The van der Waals surface area contributed by atoms with Gasteiger partial charge >= 0.3 is 0 Å². The maximum absolute atomic E-state index is 13.0. The van der Waals surface area contributed by atoms with Crippen molar-refractivity contribution < 1.29 is 15.7 Å². The summed E-state index contributed by atoms with van der Waals surface area (Å²) in [5.41, 5.74) is 10.3. The van der Waals surface area contributed by atoms with Crippen LogP contribution in [0.15, 0.2) is 66.7 Å².